The minimum Gasteiger partial charge on any atom is -0.387 e. The van der Waals surface area contributed by atoms with Crippen molar-refractivity contribution in [3.05, 3.63) is 41.5 Å². The van der Waals surface area contributed by atoms with Crippen LogP contribution in [0.25, 0.3) is 5.57 Å². The number of aliphatic hydroxyl groups is 2. The maximum absolute atomic E-state index is 13.7. The van der Waals surface area contributed by atoms with Crippen LogP contribution in [-0.2, 0) is 20.7 Å². The van der Waals surface area contributed by atoms with Crippen LogP contribution in [0.1, 0.15) is 43.7 Å². The largest absolute Gasteiger partial charge is 0.387 e. The molecule has 0 radical (unpaired) electrons. The van der Waals surface area contributed by atoms with E-state index in [0.29, 0.717) is 38.9 Å². The van der Waals surface area contributed by atoms with Crippen molar-refractivity contribution in [1.29, 1.82) is 0 Å². The molecule has 3 rings (SSSR count). The molecule has 35 heavy (non-hydrogen) atoms. The van der Waals surface area contributed by atoms with E-state index >= 15 is 0 Å². The van der Waals surface area contributed by atoms with Crippen LogP contribution in [0.5, 0.6) is 0 Å². The Morgan fingerprint density at radius 1 is 1.29 bits per heavy atom. The SMILES string of the molecule is C[C@@H]1C[C@H](N(C)CCC(=O)NC(CF)Cc2ccc(C3=CCN(C(=O)CO)CC3)cc2)C[C@H](O)O1. The Morgan fingerprint density at radius 2 is 2.03 bits per heavy atom. The average molecular weight is 492 g/mol. The van der Waals surface area contributed by atoms with Gasteiger partial charge < -0.3 is 30.1 Å². The highest BCUT2D eigenvalue weighted by Crippen LogP contribution is 2.24. The van der Waals surface area contributed by atoms with Gasteiger partial charge in [-0.25, -0.2) is 4.39 Å². The zero-order valence-electron chi connectivity index (χ0n) is 20.7. The fourth-order valence-corrected chi connectivity index (χ4v) is 4.75. The van der Waals surface area contributed by atoms with Gasteiger partial charge >= 0.3 is 0 Å². The second kappa shape index (κ2) is 13.1. The van der Waals surface area contributed by atoms with Gasteiger partial charge in [-0.1, -0.05) is 30.3 Å². The van der Waals surface area contributed by atoms with E-state index in [1.54, 1.807) is 4.90 Å². The number of ether oxygens (including phenoxy) is 1. The normalized spacial score (nSPS) is 23.7. The van der Waals surface area contributed by atoms with Gasteiger partial charge in [0.25, 0.3) is 0 Å². The lowest BCUT2D eigenvalue weighted by atomic mass is 9.97. The number of hydrogen-bond acceptors (Lipinski definition) is 6. The molecule has 8 nitrogen and oxygen atoms in total. The van der Waals surface area contributed by atoms with Gasteiger partial charge in [0.1, 0.15) is 13.3 Å². The Hall–Kier alpha value is -2.33. The third-order valence-corrected chi connectivity index (χ3v) is 6.84. The molecule has 1 saturated heterocycles. The Bertz CT molecular complexity index is 868. The van der Waals surface area contributed by atoms with E-state index in [9.17, 15) is 19.1 Å². The summed E-state index contributed by atoms with van der Waals surface area (Å²) < 4.78 is 19.0. The van der Waals surface area contributed by atoms with Gasteiger partial charge in [0, 0.05) is 38.5 Å². The lowest BCUT2D eigenvalue weighted by Gasteiger charge is -2.36. The van der Waals surface area contributed by atoms with Gasteiger partial charge in [0.2, 0.25) is 11.8 Å². The number of nitrogens with one attached hydrogen (secondary N) is 1. The number of alkyl halides is 1. The predicted molar refractivity (Wildman–Crippen MR) is 131 cm³/mol. The Morgan fingerprint density at radius 3 is 2.63 bits per heavy atom. The van der Waals surface area contributed by atoms with Crippen LogP contribution in [-0.4, -0.2) is 96.3 Å². The number of halogens is 1. The summed E-state index contributed by atoms with van der Waals surface area (Å²) in [6.07, 6.45) is 3.89. The fourth-order valence-electron chi connectivity index (χ4n) is 4.75. The second-order valence-electron chi connectivity index (χ2n) is 9.55. The minimum atomic E-state index is -0.776. The number of rotatable bonds is 10. The monoisotopic (exact) mass is 491 g/mol. The van der Waals surface area contributed by atoms with Crippen LogP contribution in [0.3, 0.4) is 0 Å². The predicted octanol–water partition coefficient (Wildman–Crippen LogP) is 1.50. The zero-order valence-corrected chi connectivity index (χ0v) is 20.7. The van der Waals surface area contributed by atoms with E-state index in [-0.39, 0.29) is 30.4 Å². The number of hydrogen-bond donors (Lipinski definition) is 3. The van der Waals surface area contributed by atoms with Gasteiger partial charge in [0.15, 0.2) is 6.29 Å². The number of nitrogens with zero attached hydrogens (tertiary/aromatic N) is 2. The number of benzene rings is 1. The van der Waals surface area contributed by atoms with Crippen LogP contribution in [0.15, 0.2) is 30.3 Å². The van der Waals surface area contributed by atoms with Crippen LogP contribution in [0.2, 0.25) is 0 Å². The van der Waals surface area contributed by atoms with Crippen molar-refractivity contribution in [1.82, 2.24) is 15.1 Å². The number of amides is 2. The highest BCUT2D eigenvalue weighted by Gasteiger charge is 2.28. The maximum Gasteiger partial charge on any atom is 0.248 e. The molecule has 2 heterocycles. The summed E-state index contributed by atoms with van der Waals surface area (Å²) in [5, 5.41) is 21.6. The Balaban J connectivity index is 1.45. The second-order valence-corrected chi connectivity index (χ2v) is 9.55. The molecule has 4 atom stereocenters. The molecule has 0 bridgehead atoms. The number of carbonyl (C=O) groups is 2. The van der Waals surface area contributed by atoms with E-state index in [1.165, 1.54) is 0 Å². The molecule has 2 aliphatic rings. The van der Waals surface area contributed by atoms with Crippen LogP contribution < -0.4 is 5.32 Å². The average Bonchev–Trinajstić information content (AvgIpc) is 2.86. The highest BCUT2D eigenvalue weighted by molar-refractivity contribution is 5.79. The Labute approximate surface area is 206 Å². The number of carbonyl (C=O) groups excluding carboxylic acids is 2. The van der Waals surface area contributed by atoms with Gasteiger partial charge in [-0.15, -0.1) is 0 Å². The minimum absolute atomic E-state index is 0.0260. The van der Waals surface area contributed by atoms with E-state index in [2.05, 4.69) is 10.2 Å². The van der Waals surface area contributed by atoms with Crippen molar-refractivity contribution in [2.75, 3.05) is 40.0 Å². The third kappa shape index (κ3) is 8.10. The van der Waals surface area contributed by atoms with Crippen molar-refractivity contribution in [3.63, 3.8) is 0 Å². The van der Waals surface area contributed by atoms with Crippen molar-refractivity contribution >= 4 is 17.4 Å². The quantitative estimate of drug-likeness (QED) is 0.459. The molecule has 1 unspecified atom stereocenters. The fraction of sp³-hybridized carbons (Fsp3) is 0.615. The molecule has 0 aromatic heterocycles. The molecule has 1 fully saturated rings. The summed E-state index contributed by atoms with van der Waals surface area (Å²) in [6, 6.07) is 7.42. The van der Waals surface area contributed by atoms with Crippen molar-refractivity contribution in [3.8, 4) is 0 Å². The molecular formula is C26H38FN3O5. The summed E-state index contributed by atoms with van der Waals surface area (Å²) in [5.41, 5.74) is 3.14. The summed E-state index contributed by atoms with van der Waals surface area (Å²) in [4.78, 5) is 27.7. The first kappa shape index (κ1) is 27.3. The summed E-state index contributed by atoms with van der Waals surface area (Å²) in [5.74, 6) is -0.454. The molecule has 2 aliphatic heterocycles. The summed E-state index contributed by atoms with van der Waals surface area (Å²) >= 11 is 0. The molecule has 9 heteroatoms. The molecular weight excluding hydrogens is 453 g/mol. The number of aliphatic hydroxyl groups excluding tert-OH is 2. The van der Waals surface area contributed by atoms with Crippen LogP contribution in [0.4, 0.5) is 4.39 Å². The molecule has 0 spiro atoms. The molecule has 3 N–H and O–H groups in total. The van der Waals surface area contributed by atoms with Gasteiger partial charge in [-0.3, -0.25) is 9.59 Å². The van der Waals surface area contributed by atoms with Gasteiger partial charge in [0.05, 0.1) is 12.1 Å². The maximum atomic E-state index is 13.7. The van der Waals surface area contributed by atoms with E-state index in [1.807, 2.05) is 44.3 Å². The van der Waals surface area contributed by atoms with Crippen molar-refractivity contribution < 1.29 is 28.9 Å². The highest BCUT2D eigenvalue weighted by atomic mass is 19.1. The van der Waals surface area contributed by atoms with Crippen LogP contribution in [0, 0.1) is 0 Å². The lowest BCUT2D eigenvalue weighted by molar-refractivity contribution is -0.173. The molecule has 1 aromatic rings. The first-order valence-electron chi connectivity index (χ1n) is 12.3. The first-order chi connectivity index (χ1) is 16.8. The van der Waals surface area contributed by atoms with Gasteiger partial charge in [-0.2, -0.15) is 0 Å². The van der Waals surface area contributed by atoms with Gasteiger partial charge in [-0.05, 0) is 49.9 Å². The molecule has 0 saturated carbocycles. The van der Waals surface area contributed by atoms with E-state index in [4.69, 9.17) is 9.84 Å². The Kier molecular flexibility index (Phi) is 10.2. The van der Waals surface area contributed by atoms with E-state index in [0.717, 1.165) is 23.1 Å². The summed E-state index contributed by atoms with van der Waals surface area (Å²) in [7, 11) is 1.93. The zero-order chi connectivity index (χ0) is 25.4. The molecule has 0 aliphatic carbocycles. The smallest absolute Gasteiger partial charge is 0.248 e. The topological polar surface area (TPSA) is 102 Å². The molecule has 2 amide bonds. The van der Waals surface area contributed by atoms with E-state index < -0.39 is 25.6 Å². The molecule has 1 aromatic carbocycles. The van der Waals surface area contributed by atoms with Crippen molar-refractivity contribution in [2.45, 2.75) is 63.5 Å². The first-order valence-corrected chi connectivity index (χ1v) is 12.3. The van der Waals surface area contributed by atoms with Crippen LogP contribution >= 0.6 is 0 Å². The summed E-state index contributed by atoms with van der Waals surface area (Å²) in [6.45, 7) is 2.39. The lowest BCUT2D eigenvalue weighted by Crippen LogP contribution is -2.45. The molecule has 194 valence electrons. The standard InChI is InChI=1S/C26H38FN3O5/c1-18-13-23(15-26(34)35-18)29(2)10-9-24(32)28-22(16-27)14-19-3-5-20(6-4-19)21-7-11-30(12-8-21)25(33)17-31/h3-7,18,22-23,26,31,34H,8-17H2,1-2H3,(H,28,32)/t18-,22?,23+,26-/m1/s1. The van der Waals surface area contributed by atoms with Crippen molar-refractivity contribution in [2.24, 2.45) is 0 Å². The third-order valence-electron chi connectivity index (χ3n) is 6.84.